The van der Waals surface area contributed by atoms with Crippen molar-refractivity contribution < 1.29 is 4.42 Å². The SMILES string of the molecule is Cc1cncc(CNC(C)Cc2ccco2)c1. The summed E-state index contributed by atoms with van der Waals surface area (Å²) in [5, 5.41) is 3.46. The van der Waals surface area contributed by atoms with Crippen LogP contribution in [0.3, 0.4) is 0 Å². The Morgan fingerprint density at radius 1 is 1.41 bits per heavy atom. The van der Waals surface area contributed by atoms with E-state index in [0.29, 0.717) is 6.04 Å². The van der Waals surface area contributed by atoms with E-state index < -0.39 is 0 Å². The molecule has 0 saturated heterocycles. The number of hydrogen-bond donors (Lipinski definition) is 1. The Hall–Kier alpha value is -1.61. The normalized spacial score (nSPS) is 12.6. The summed E-state index contributed by atoms with van der Waals surface area (Å²) >= 11 is 0. The number of rotatable bonds is 5. The van der Waals surface area contributed by atoms with Gasteiger partial charge in [-0.3, -0.25) is 4.98 Å². The fourth-order valence-corrected chi connectivity index (χ4v) is 1.81. The molecule has 0 aromatic carbocycles. The Kier molecular flexibility index (Phi) is 3.94. The van der Waals surface area contributed by atoms with E-state index in [1.807, 2.05) is 24.5 Å². The highest BCUT2D eigenvalue weighted by atomic mass is 16.3. The van der Waals surface area contributed by atoms with Gasteiger partial charge in [0.25, 0.3) is 0 Å². The van der Waals surface area contributed by atoms with Crippen LogP contribution in [0.1, 0.15) is 23.8 Å². The maximum atomic E-state index is 5.32. The second-order valence-corrected chi connectivity index (χ2v) is 4.44. The van der Waals surface area contributed by atoms with Crippen molar-refractivity contribution in [3.8, 4) is 0 Å². The quantitative estimate of drug-likeness (QED) is 0.858. The monoisotopic (exact) mass is 230 g/mol. The molecule has 3 nitrogen and oxygen atoms in total. The van der Waals surface area contributed by atoms with Gasteiger partial charge < -0.3 is 9.73 Å². The Morgan fingerprint density at radius 2 is 2.29 bits per heavy atom. The summed E-state index contributed by atoms with van der Waals surface area (Å²) in [5.74, 6) is 1.02. The molecule has 1 N–H and O–H groups in total. The highest BCUT2D eigenvalue weighted by Gasteiger charge is 2.05. The third-order valence-corrected chi connectivity index (χ3v) is 2.67. The molecule has 0 bridgehead atoms. The van der Waals surface area contributed by atoms with Crippen molar-refractivity contribution in [2.45, 2.75) is 32.9 Å². The summed E-state index contributed by atoms with van der Waals surface area (Å²) in [6.07, 6.45) is 6.40. The van der Waals surface area contributed by atoms with Crippen molar-refractivity contribution in [3.63, 3.8) is 0 Å². The molecule has 2 aromatic rings. The molecular formula is C14H18N2O. The van der Waals surface area contributed by atoms with E-state index in [1.54, 1.807) is 6.26 Å². The maximum absolute atomic E-state index is 5.32. The summed E-state index contributed by atoms with van der Waals surface area (Å²) in [4.78, 5) is 4.18. The summed E-state index contributed by atoms with van der Waals surface area (Å²) in [6.45, 7) is 5.06. The molecule has 1 unspecified atom stereocenters. The van der Waals surface area contributed by atoms with E-state index in [2.05, 4.69) is 30.2 Å². The molecule has 90 valence electrons. The molecule has 0 radical (unpaired) electrons. The molecule has 1 atom stereocenters. The van der Waals surface area contributed by atoms with E-state index >= 15 is 0 Å². The maximum Gasteiger partial charge on any atom is 0.105 e. The molecule has 2 aromatic heterocycles. The topological polar surface area (TPSA) is 38.1 Å². The number of aromatic nitrogens is 1. The largest absolute Gasteiger partial charge is 0.469 e. The lowest BCUT2D eigenvalue weighted by Crippen LogP contribution is -2.27. The van der Waals surface area contributed by atoms with Crippen LogP contribution in [0.2, 0.25) is 0 Å². The van der Waals surface area contributed by atoms with Crippen molar-refractivity contribution in [1.82, 2.24) is 10.3 Å². The lowest BCUT2D eigenvalue weighted by molar-refractivity contribution is 0.456. The zero-order chi connectivity index (χ0) is 12.1. The van der Waals surface area contributed by atoms with Crippen molar-refractivity contribution in [3.05, 3.63) is 53.7 Å². The van der Waals surface area contributed by atoms with Gasteiger partial charge in [-0.2, -0.15) is 0 Å². The molecule has 0 fully saturated rings. The van der Waals surface area contributed by atoms with Crippen LogP contribution in [0.25, 0.3) is 0 Å². The van der Waals surface area contributed by atoms with Gasteiger partial charge in [-0.1, -0.05) is 6.07 Å². The number of pyridine rings is 1. The molecule has 0 aliphatic carbocycles. The predicted octanol–water partition coefficient (Wildman–Crippen LogP) is 2.70. The van der Waals surface area contributed by atoms with Crippen molar-refractivity contribution >= 4 is 0 Å². The van der Waals surface area contributed by atoms with Gasteiger partial charge in [0.2, 0.25) is 0 Å². The third kappa shape index (κ3) is 3.71. The molecule has 3 heteroatoms. The van der Waals surface area contributed by atoms with Crippen LogP contribution >= 0.6 is 0 Å². The first-order valence-corrected chi connectivity index (χ1v) is 5.90. The second kappa shape index (κ2) is 5.64. The summed E-state index contributed by atoms with van der Waals surface area (Å²) in [6, 6.07) is 6.47. The zero-order valence-corrected chi connectivity index (χ0v) is 10.3. The highest BCUT2D eigenvalue weighted by molar-refractivity contribution is 5.16. The molecule has 0 amide bonds. The first-order chi connectivity index (χ1) is 8.24. The van der Waals surface area contributed by atoms with Crippen molar-refractivity contribution in [1.29, 1.82) is 0 Å². The fraction of sp³-hybridized carbons (Fsp3) is 0.357. The third-order valence-electron chi connectivity index (χ3n) is 2.67. The minimum atomic E-state index is 0.390. The van der Waals surface area contributed by atoms with E-state index in [9.17, 15) is 0 Å². The average molecular weight is 230 g/mol. The summed E-state index contributed by atoms with van der Waals surface area (Å²) < 4.78 is 5.32. The zero-order valence-electron chi connectivity index (χ0n) is 10.3. The van der Waals surface area contributed by atoms with Crippen LogP contribution in [-0.2, 0) is 13.0 Å². The number of aryl methyl sites for hydroxylation is 1. The number of hydrogen-bond acceptors (Lipinski definition) is 3. The van der Waals surface area contributed by atoms with Gasteiger partial charge >= 0.3 is 0 Å². The lowest BCUT2D eigenvalue weighted by Gasteiger charge is -2.12. The number of furan rings is 1. The molecular weight excluding hydrogens is 212 g/mol. The van der Waals surface area contributed by atoms with Gasteiger partial charge in [-0.15, -0.1) is 0 Å². The minimum Gasteiger partial charge on any atom is -0.469 e. The lowest BCUT2D eigenvalue weighted by atomic mass is 10.1. The molecule has 0 aliphatic heterocycles. The minimum absolute atomic E-state index is 0.390. The standard InChI is InChI=1S/C14H18N2O/c1-11-6-13(9-15-8-11)10-16-12(2)7-14-4-3-5-17-14/h3-6,8-9,12,16H,7,10H2,1-2H3. The van der Waals surface area contributed by atoms with Crippen LogP contribution in [0.15, 0.2) is 41.3 Å². The summed E-state index contributed by atoms with van der Waals surface area (Å²) in [7, 11) is 0. The van der Waals surface area contributed by atoms with E-state index in [4.69, 9.17) is 4.42 Å². The van der Waals surface area contributed by atoms with Gasteiger partial charge in [0.15, 0.2) is 0 Å². The van der Waals surface area contributed by atoms with E-state index in [0.717, 1.165) is 18.7 Å². The smallest absolute Gasteiger partial charge is 0.105 e. The predicted molar refractivity (Wildman–Crippen MR) is 67.7 cm³/mol. The second-order valence-electron chi connectivity index (χ2n) is 4.44. The Balaban J connectivity index is 1.82. The van der Waals surface area contributed by atoms with E-state index in [1.165, 1.54) is 11.1 Å². The van der Waals surface area contributed by atoms with Gasteiger partial charge in [0.1, 0.15) is 5.76 Å². The Labute approximate surface area is 102 Å². The number of nitrogens with one attached hydrogen (secondary N) is 1. The van der Waals surface area contributed by atoms with Crippen molar-refractivity contribution in [2.24, 2.45) is 0 Å². The molecule has 2 heterocycles. The van der Waals surface area contributed by atoms with Gasteiger partial charge in [-0.05, 0) is 37.1 Å². The van der Waals surface area contributed by atoms with Crippen LogP contribution in [0.5, 0.6) is 0 Å². The van der Waals surface area contributed by atoms with Crippen molar-refractivity contribution in [2.75, 3.05) is 0 Å². The van der Waals surface area contributed by atoms with Gasteiger partial charge in [0, 0.05) is 31.4 Å². The first-order valence-electron chi connectivity index (χ1n) is 5.90. The molecule has 17 heavy (non-hydrogen) atoms. The van der Waals surface area contributed by atoms with Crippen LogP contribution in [0.4, 0.5) is 0 Å². The molecule has 0 spiro atoms. The van der Waals surface area contributed by atoms with Crippen LogP contribution in [-0.4, -0.2) is 11.0 Å². The van der Waals surface area contributed by atoms with Gasteiger partial charge in [0.05, 0.1) is 6.26 Å². The highest BCUT2D eigenvalue weighted by Crippen LogP contribution is 2.05. The molecule has 0 saturated carbocycles. The molecule has 0 aliphatic rings. The number of nitrogens with zero attached hydrogens (tertiary/aromatic N) is 1. The Bertz CT molecular complexity index is 451. The first kappa shape index (κ1) is 11.9. The average Bonchev–Trinajstić information content (AvgIpc) is 2.79. The molecule has 2 rings (SSSR count). The van der Waals surface area contributed by atoms with Gasteiger partial charge in [-0.25, -0.2) is 0 Å². The summed E-state index contributed by atoms with van der Waals surface area (Å²) in [5.41, 5.74) is 2.42. The van der Waals surface area contributed by atoms with E-state index in [-0.39, 0.29) is 0 Å². The van der Waals surface area contributed by atoms with Crippen LogP contribution in [0, 0.1) is 6.92 Å². The fourth-order valence-electron chi connectivity index (χ4n) is 1.81. The Morgan fingerprint density at radius 3 is 3.00 bits per heavy atom. The van der Waals surface area contributed by atoms with Crippen LogP contribution < -0.4 is 5.32 Å².